The smallest absolute Gasteiger partial charge is 0.336 e. The van der Waals surface area contributed by atoms with Gasteiger partial charge in [-0.2, -0.15) is 0 Å². The molecule has 1 N–H and O–H groups in total. The maximum atomic E-state index is 10.8. The molecule has 0 saturated carbocycles. The van der Waals surface area contributed by atoms with Gasteiger partial charge in [0.25, 0.3) is 0 Å². The minimum Gasteiger partial charge on any atom is -0.490 e. The van der Waals surface area contributed by atoms with Gasteiger partial charge in [0.2, 0.25) is 0 Å². The van der Waals surface area contributed by atoms with Crippen molar-refractivity contribution in [1.82, 2.24) is 0 Å². The molecule has 0 heterocycles. The Bertz CT molecular complexity index is 382. The molecule has 0 radical (unpaired) electrons. The Balaban J connectivity index is 3.22. The molecular formula is C11H12O4. The van der Waals surface area contributed by atoms with E-state index in [1.165, 1.54) is 6.07 Å². The number of carboxylic acids is 1. The quantitative estimate of drug-likeness (QED) is 0.768. The van der Waals surface area contributed by atoms with E-state index in [1.54, 1.807) is 12.1 Å². The second-order valence-electron chi connectivity index (χ2n) is 3.31. The van der Waals surface area contributed by atoms with E-state index < -0.39 is 5.97 Å². The Kier molecular flexibility index (Phi) is 3.44. The fourth-order valence-electron chi connectivity index (χ4n) is 1.21. The molecule has 0 aliphatic rings. The molecular weight excluding hydrogens is 196 g/mol. The summed E-state index contributed by atoms with van der Waals surface area (Å²) in [5, 5.41) is 8.84. The molecule has 0 aliphatic heterocycles. The molecule has 0 aliphatic carbocycles. The summed E-state index contributed by atoms with van der Waals surface area (Å²) in [5.74, 6) is -0.828. The number of carbonyl (C=O) groups excluding carboxylic acids is 1. The average Bonchev–Trinajstić information content (AvgIpc) is 2.16. The molecule has 0 bridgehead atoms. The van der Waals surface area contributed by atoms with Crippen LogP contribution >= 0.6 is 0 Å². The molecule has 0 fully saturated rings. The van der Waals surface area contributed by atoms with Crippen LogP contribution in [0, 0.1) is 0 Å². The summed E-state index contributed by atoms with van der Waals surface area (Å²) < 4.78 is 5.33. The second-order valence-corrected chi connectivity index (χ2v) is 3.31. The van der Waals surface area contributed by atoms with Gasteiger partial charge in [-0.15, -0.1) is 0 Å². The summed E-state index contributed by atoms with van der Waals surface area (Å²) in [6, 6.07) is 4.50. The lowest BCUT2D eigenvalue weighted by Gasteiger charge is -2.12. The summed E-state index contributed by atoms with van der Waals surface area (Å²) in [7, 11) is 0. The van der Waals surface area contributed by atoms with E-state index in [0.29, 0.717) is 12.0 Å². The highest BCUT2D eigenvalue weighted by Crippen LogP contribution is 2.21. The van der Waals surface area contributed by atoms with E-state index in [2.05, 4.69) is 0 Å². The van der Waals surface area contributed by atoms with Gasteiger partial charge in [0.15, 0.2) is 6.29 Å². The van der Waals surface area contributed by atoms with E-state index in [9.17, 15) is 9.59 Å². The van der Waals surface area contributed by atoms with Gasteiger partial charge in [0.05, 0.1) is 17.2 Å². The van der Waals surface area contributed by atoms with Gasteiger partial charge in [0.1, 0.15) is 5.75 Å². The van der Waals surface area contributed by atoms with Gasteiger partial charge in [0, 0.05) is 0 Å². The number of ether oxygens (including phenoxy) is 1. The van der Waals surface area contributed by atoms with E-state index in [1.807, 2.05) is 13.8 Å². The van der Waals surface area contributed by atoms with Crippen LogP contribution in [0.15, 0.2) is 18.2 Å². The lowest BCUT2D eigenvalue weighted by Crippen LogP contribution is -2.10. The van der Waals surface area contributed by atoms with Crippen LogP contribution in [-0.2, 0) is 0 Å². The highest BCUT2D eigenvalue weighted by atomic mass is 16.5. The van der Waals surface area contributed by atoms with E-state index >= 15 is 0 Å². The first kappa shape index (κ1) is 11.2. The van der Waals surface area contributed by atoms with E-state index in [-0.39, 0.29) is 17.2 Å². The van der Waals surface area contributed by atoms with Crippen molar-refractivity contribution >= 4 is 12.3 Å². The van der Waals surface area contributed by atoms with Crippen LogP contribution in [-0.4, -0.2) is 23.5 Å². The zero-order chi connectivity index (χ0) is 11.4. The third-order valence-electron chi connectivity index (χ3n) is 1.78. The summed E-state index contributed by atoms with van der Waals surface area (Å²) >= 11 is 0. The molecule has 0 amide bonds. The lowest BCUT2D eigenvalue weighted by molar-refractivity contribution is 0.0693. The number of carbonyl (C=O) groups is 2. The number of carboxylic acid groups (broad SMARTS) is 1. The first-order chi connectivity index (χ1) is 7.06. The van der Waals surface area contributed by atoms with Crippen LogP contribution in [0.3, 0.4) is 0 Å². The number of rotatable bonds is 4. The Labute approximate surface area is 87.5 Å². The van der Waals surface area contributed by atoms with Crippen LogP contribution in [0.4, 0.5) is 0 Å². The summed E-state index contributed by atoms with van der Waals surface area (Å²) in [5.41, 5.74) is 0.0434. The number of hydrogen-bond acceptors (Lipinski definition) is 3. The van der Waals surface area contributed by atoms with Crippen molar-refractivity contribution in [3.8, 4) is 5.75 Å². The third-order valence-corrected chi connectivity index (χ3v) is 1.78. The zero-order valence-corrected chi connectivity index (χ0v) is 8.56. The molecule has 0 saturated heterocycles. The van der Waals surface area contributed by atoms with Crippen molar-refractivity contribution in [3.05, 3.63) is 29.3 Å². The van der Waals surface area contributed by atoms with Crippen molar-refractivity contribution in [3.63, 3.8) is 0 Å². The highest BCUT2D eigenvalue weighted by molar-refractivity contribution is 5.98. The Morgan fingerprint density at radius 2 is 2.13 bits per heavy atom. The van der Waals surface area contributed by atoms with Gasteiger partial charge in [-0.25, -0.2) is 4.79 Å². The van der Waals surface area contributed by atoms with Gasteiger partial charge < -0.3 is 9.84 Å². The Morgan fingerprint density at radius 3 is 2.60 bits per heavy atom. The van der Waals surface area contributed by atoms with Crippen LogP contribution in [0.2, 0.25) is 0 Å². The predicted molar refractivity (Wildman–Crippen MR) is 54.6 cm³/mol. The fourth-order valence-corrected chi connectivity index (χ4v) is 1.21. The molecule has 0 spiro atoms. The van der Waals surface area contributed by atoms with Crippen molar-refractivity contribution in [2.75, 3.05) is 0 Å². The molecule has 80 valence electrons. The maximum absolute atomic E-state index is 10.8. The number of hydrogen-bond donors (Lipinski definition) is 1. The van der Waals surface area contributed by atoms with Crippen molar-refractivity contribution in [1.29, 1.82) is 0 Å². The third kappa shape index (κ3) is 2.56. The SMILES string of the molecule is CC(C)Oc1cccc(C(=O)O)c1C=O. The Hall–Kier alpha value is -1.84. The number of aldehydes is 1. The maximum Gasteiger partial charge on any atom is 0.336 e. The summed E-state index contributed by atoms with van der Waals surface area (Å²) in [4.78, 5) is 21.6. The standard InChI is InChI=1S/C11H12O4/c1-7(2)15-10-5-3-4-8(11(13)14)9(10)6-12/h3-7H,1-2H3,(H,13,14). The molecule has 4 heteroatoms. The fraction of sp³-hybridized carbons (Fsp3) is 0.273. The Morgan fingerprint density at radius 1 is 1.47 bits per heavy atom. The van der Waals surface area contributed by atoms with Crippen molar-refractivity contribution in [2.45, 2.75) is 20.0 Å². The van der Waals surface area contributed by atoms with Crippen LogP contribution in [0.5, 0.6) is 5.75 Å². The average molecular weight is 208 g/mol. The molecule has 1 rings (SSSR count). The topological polar surface area (TPSA) is 63.6 Å². The second kappa shape index (κ2) is 4.59. The van der Waals surface area contributed by atoms with Crippen molar-refractivity contribution < 1.29 is 19.4 Å². The normalized spacial score (nSPS) is 10.1. The predicted octanol–water partition coefficient (Wildman–Crippen LogP) is 1.98. The molecule has 0 atom stereocenters. The van der Waals surface area contributed by atoms with Crippen LogP contribution < -0.4 is 4.74 Å². The minimum atomic E-state index is -1.13. The first-order valence-electron chi connectivity index (χ1n) is 4.54. The van der Waals surface area contributed by atoms with E-state index in [4.69, 9.17) is 9.84 Å². The van der Waals surface area contributed by atoms with E-state index in [0.717, 1.165) is 0 Å². The molecule has 4 nitrogen and oxygen atoms in total. The monoisotopic (exact) mass is 208 g/mol. The van der Waals surface area contributed by atoms with Gasteiger partial charge in [-0.1, -0.05) is 6.07 Å². The summed E-state index contributed by atoms with van der Waals surface area (Å²) in [6.07, 6.45) is 0.397. The molecule has 1 aromatic carbocycles. The molecule has 1 aromatic rings. The van der Waals surface area contributed by atoms with Gasteiger partial charge >= 0.3 is 5.97 Å². The summed E-state index contributed by atoms with van der Waals surface area (Å²) in [6.45, 7) is 3.62. The molecule has 0 unspecified atom stereocenters. The highest BCUT2D eigenvalue weighted by Gasteiger charge is 2.14. The van der Waals surface area contributed by atoms with Gasteiger partial charge in [-0.05, 0) is 26.0 Å². The minimum absolute atomic E-state index is 0.0387. The van der Waals surface area contributed by atoms with Crippen LogP contribution in [0.25, 0.3) is 0 Å². The molecule has 15 heavy (non-hydrogen) atoms. The molecule has 0 aromatic heterocycles. The van der Waals surface area contributed by atoms with Crippen LogP contribution in [0.1, 0.15) is 34.6 Å². The zero-order valence-electron chi connectivity index (χ0n) is 8.56. The van der Waals surface area contributed by atoms with Gasteiger partial charge in [-0.3, -0.25) is 4.79 Å². The first-order valence-corrected chi connectivity index (χ1v) is 4.54. The largest absolute Gasteiger partial charge is 0.490 e. The number of aromatic carboxylic acids is 1. The lowest BCUT2D eigenvalue weighted by atomic mass is 10.1. The van der Waals surface area contributed by atoms with Crippen molar-refractivity contribution in [2.24, 2.45) is 0 Å². The number of benzene rings is 1.